The van der Waals surface area contributed by atoms with Crippen LogP contribution in [0.2, 0.25) is 0 Å². The lowest BCUT2D eigenvalue weighted by Crippen LogP contribution is -2.34. The molecule has 0 bridgehead atoms. The third-order valence-electron chi connectivity index (χ3n) is 2.02. The molecule has 0 rings (SSSR count). The third kappa shape index (κ3) is 11.5. The van der Waals surface area contributed by atoms with Gasteiger partial charge in [0.2, 0.25) is 5.91 Å². The Bertz CT molecular complexity index is 246. The van der Waals surface area contributed by atoms with Gasteiger partial charge in [0, 0.05) is 13.0 Å². The number of aliphatic hydroxyl groups excluding tert-OH is 1. The molecule has 17 heavy (non-hydrogen) atoms. The molecule has 0 heterocycles. The lowest BCUT2D eigenvalue weighted by molar-refractivity contribution is -0.144. The van der Waals surface area contributed by atoms with E-state index >= 15 is 0 Å². The van der Waals surface area contributed by atoms with E-state index in [0.29, 0.717) is 6.42 Å². The standard InChI is InChI=1S/C11H20F3NO2/c1-10(2,3)6-8(16)7-15-9(17)4-5-11(12,13)14/h8,16H,4-7H2,1-3H3,(H,15,17). The molecule has 0 aromatic heterocycles. The van der Waals surface area contributed by atoms with Crippen LogP contribution in [0.5, 0.6) is 0 Å². The van der Waals surface area contributed by atoms with Crippen LogP contribution in [0.25, 0.3) is 0 Å². The Morgan fingerprint density at radius 3 is 2.24 bits per heavy atom. The number of carbonyl (C=O) groups excluding carboxylic acids is 1. The van der Waals surface area contributed by atoms with E-state index in [-0.39, 0.29) is 12.0 Å². The molecule has 0 aliphatic rings. The molecule has 3 nitrogen and oxygen atoms in total. The van der Waals surface area contributed by atoms with Crippen molar-refractivity contribution in [1.82, 2.24) is 5.32 Å². The number of aliphatic hydroxyl groups is 1. The summed E-state index contributed by atoms with van der Waals surface area (Å²) in [6.07, 6.45) is -6.29. The second-order valence-electron chi connectivity index (χ2n) is 5.34. The van der Waals surface area contributed by atoms with Crippen molar-refractivity contribution < 1.29 is 23.1 Å². The van der Waals surface area contributed by atoms with Crippen molar-refractivity contribution >= 4 is 5.91 Å². The van der Waals surface area contributed by atoms with Crippen LogP contribution in [-0.2, 0) is 4.79 Å². The minimum atomic E-state index is -4.32. The van der Waals surface area contributed by atoms with Crippen molar-refractivity contribution in [2.45, 2.75) is 52.3 Å². The summed E-state index contributed by atoms with van der Waals surface area (Å²) in [4.78, 5) is 11.0. The molecule has 0 fully saturated rings. The maximum absolute atomic E-state index is 11.8. The average Bonchev–Trinajstić information content (AvgIpc) is 2.07. The van der Waals surface area contributed by atoms with Crippen LogP contribution in [0.1, 0.15) is 40.0 Å². The zero-order valence-electron chi connectivity index (χ0n) is 10.4. The number of alkyl halides is 3. The fraction of sp³-hybridized carbons (Fsp3) is 0.909. The normalized spacial score (nSPS) is 14.5. The summed E-state index contributed by atoms with van der Waals surface area (Å²) in [5, 5.41) is 11.8. The zero-order valence-corrected chi connectivity index (χ0v) is 10.4. The predicted molar refractivity (Wildman–Crippen MR) is 58.4 cm³/mol. The molecule has 0 saturated heterocycles. The van der Waals surface area contributed by atoms with E-state index in [4.69, 9.17) is 0 Å². The number of rotatable bonds is 5. The largest absolute Gasteiger partial charge is 0.391 e. The average molecular weight is 255 g/mol. The summed E-state index contributed by atoms with van der Waals surface area (Å²) < 4.78 is 35.4. The first kappa shape index (κ1) is 16.2. The molecule has 0 spiro atoms. The van der Waals surface area contributed by atoms with Crippen LogP contribution in [-0.4, -0.2) is 29.8 Å². The van der Waals surface area contributed by atoms with Crippen LogP contribution in [0.15, 0.2) is 0 Å². The number of hydrogen-bond acceptors (Lipinski definition) is 2. The first-order valence-corrected chi connectivity index (χ1v) is 5.51. The van der Waals surface area contributed by atoms with Crippen LogP contribution >= 0.6 is 0 Å². The van der Waals surface area contributed by atoms with Crippen LogP contribution in [0.4, 0.5) is 13.2 Å². The molecule has 102 valence electrons. The molecule has 0 radical (unpaired) electrons. The van der Waals surface area contributed by atoms with E-state index < -0.39 is 31.0 Å². The fourth-order valence-electron chi connectivity index (χ4n) is 1.35. The first-order valence-electron chi connectivity index (χ1n) is 5.51. The molecule has 0 aliphatic heterocycles. The predicted octanol–water partition coefficient (Wildman–Crippen LogP) is 2.24. The van der Waals surface area contributed by atoms with Gasteiger partial charge >= 0.3 is 6.18 Å². The van der Waals surface area contributed by atoms with E-state index in [1.165, 1.54) is 0 Å². The van der Waals surface area contributed by atoms with Gasteiger partial charge in [-0.15, -0.1) is 0 Å². The Morgan fingerprint density at radius 2 is 1.82 bits per heavy atom. The van der Waals surface area contributed by atoms with Gasteiger partial charge in [-0.25, -0.2) is 0 Å². The molecule has 0 aromatic rings. The topological polar surface area (TPSA) is 49.3 Å². The highest BCUT2D eigenvalue weighted by Gasteiger charge is 2.28. The Hall–Kier alpha value is -0.780. The second-order valence-corrected chi connectivity index (χ2v) is 5.34. The lowest BCUT2D eigenvalue weighted by atomic mass is 9.89. The van der Waals surface area contributed by atoms with Crippen LogP contribution in [0.3, 0.4) is 0 Å². The van der Waals surface area contributed by atoms with Crippen molar-refractivity contribution in [2.24, 2.45) is 5.41 Å². The number of hydrogen-bond donors (Lipinski definition) is 2. The molecule has 1 unspecified atom stereocenters. The van der Waals surface area contributed by atoms with Gasteiger partial charge in [-0.2, -0.15) is 13.2 Å². The summed E-state index contributed by atoms with van der Waals surface area (Å²) in [6.45, 7) is 5.79. The van der Waals surface area contributed by atoms with Gasteiger partial charge in [0.1, 0.15) is 0 Å². The van der Waals surface area contributed by atoms with Crippen molar-refractivity contribution in [3.05, 3.63) is 0 Å². The van der Waals surface area contributed by atoms with Gasteiger partial charge < -0.3 is 10.4 Å². The van der Waals surface area contributed by atoms with Crippen molar-refractivity contribution in [2.75, 3.05) is 6.54 Å². The molecule has 0 aliphatic carbocycles. The Labute approximate surface area is 99.4 Å². The monoisotopic (exact) mass is 255 g/mol. The molecule has 0 saturated carbocycles. The second kappa shape index (κ2) is 6.23. The molecule has 1 atom stereocenters. The molecule has 2 N–H and O–H groups in total. The number of carbonyl (C=O) groups is 1. The Morgan fingerprint density at radius 1 is 1.29 bits per heavy atom. The van der Waals surface area contributed by atoms with Crippen LogP contribution in [0, 0.1) is 5.41 Å². The minimum Gasteiger partial charge on any atom is -0.391 e. The van der Waals surface area contributed by atoms with Gasteiger partial charge in [-0.3, -0.25) is 4.79 Å². The summed E-state index contributed by atoms with van der Waals surface area (Å²) in [5.74, 6) is -0.685. The van der Waals surface area contributed by atoms with E-state index in [1.54, 1.807) is 0 Å². The number of halogens is 3. The van der Waals surface area contributed by atoms with Crippen molar-refractivity contribution in [3.8, 4) is 0 Å². The highest BCUT2D eigenvalue weighted by atomic mass is 19.4. The highest BCUT2D eigenvalue weighted by Crippen LogP contribution is 2.21. The Balaban J connectivity index is 3.78. The quantitative estimate of drug-likeness (QED) is 0.791. The van der Waals surface area contributed by atoms with Gasteiger partial charge in [0.15, 0.2) is 0 Å². The molecular formula is C11H20F3NO2. The fourth-order valence-corrected chi connectivity index (χ4v) is 1.35. The molecular weight excluding hydrogens is 235 g/mol. The van der Waals surface area contributed by atoms with Gasteiger partial charge in [-0.1, -0.05) is 20.8 Å². The van der Waals surface area contributed by atoms with Gasteiger partial charge in [-0.05, 0) is 11.8 Å². The van der Waals surface area contributed by atoms with E-state index in [0.717, 1.165) is 0 Å². The highest BCUT2D eigenvalue weighted by molar-refractivity contribution is 5.75. The minimum absolute atomic E-state index is 0.00599. The molecule has 6 heteroatoms. The number of nitrogens with one attached hydrogen (secondary N) is 1. The van der Waals surface area contributed by atoms with E-state index in [9.17, 15) is 23.1 Å². The first-order chi connectivity index (χ1) is 7.49. The SMILES string of the molecule is CC(C)(C)CC(O)CNC(=O)CCC(F)(F)F. The van der Waals surface area contributed by atoms with Crippen molar-refractivity contribution in [1.29, 1.82) is 0 Å². The summed E-state index contributed by atoms with van der Waals surface area (Å²) in [7, 11) is 0. The van der Waals surface area contributed by atoms with Crippen molar-refractivity contribution in [3.63, 3.8) is 0 Å². The summed E-state index contributed by atoms with van der Waals surface area (Å²) in [6, 6.07) is 0. The van der Waals surface area contributed by atoms with Gasteiger partial charge in [0.25, 0.3) is 0 Å². The smallest absolute Gasteiger partial charge is 0.389 e. The summed E-state index contributed by atoms with van der Waals surface area (Å²) in [5.41, 5.74) is -0.0872. The zero-order chi connectivity index (χ0) is 13.7. The maximum Gasteiger partial charge on any atom is 0.389 e. The third-order valence-corrected chi connectivity index (χ3v) is 2.02. The van der Waals surface area contributed by atoms with Crippen LogP contribution < -0.4 is 5.32 Å². The summed E-state index contributed by atoms with van der Waals surface area (Å²) >= 11 is 0. The van der Waals surface area contributed by atoms with E-state index in [2.05, 4.69) is 5.32 Å². The molecule has 0 aromatic carbocycles. The Kier molecular flexibility index (Phi) is 5.95. The van der Waals surface area contributed by atoms with Gasteiger partial charge in [0.05, 0.1) is 12.5 Å². The number of amides is 1. The van der Waals surface area contributed by atoms with E-state index in [1.807, 2.05) is 20.8 Å². The maximum atomic E-state index is 11.8. The molecule has 1 amide bonds. The lowest BCUT2D eigenvalue weighted by Gasteiger charge is -2.22.